The van der Waals surface area contributed by atoms with Gasteiger partial charge in [0.1, 0.15) is 5.78 Å². The molecule has 2 rings (SSSR count). The number of ketones is 1. The van der Waals surface area contributed by atoms with Crippen LogP contribution in [0.1, 0.15) is 59.3 Å². The van der Waals surface area contributed by atoms with Crippen molar-refractivity contribution in [3.63, 3.8) is 0 Å². The fourth-order valence-corrected chi connectivity index (χ4v) is 4.20. The predicted octanol–water partition coefficient (Wildman–Crippen LogP) is 3.69. The van der Waals surface area contributed by atoms with Gasteiger partial charge in [0.05, 0.1) is 0 Å². The fraction of sp³-hybridized carbons (Fsp3) is 0.947. The first kappa shape index (κ1) is 19.3. The minimum atomic E-state index is 0.209. The number of likely N-dealkylation sites (tertiary alicyclic amines) is 2. The highest BCUT2D eigenvalue weighted by molar-refractivity contribution is 7.80. The zero-order valence-electron chi connectivity index (χ0n) is 15.3. The number of hydrogen-bond acceptors (Lipinski definition) is 4. The Morgan fingerprint density at radius 1 is 1.00 bits per heavy atom. The second kappa shape index (κ2) is 9.43. The van der Waals surface area contributed by atoms with E-state index < -0.39 is 0 Å². The largest absolute Gasteiger partial charge is 0.303 e. The van der Waals surface area contributed by atoms with Crippen molar-refractivity contribution in [3.8, 4) is 0 Å². The second-order valence-corrected chi connectivity index (χ2v) is 8.76. The predicted molar refractivity (Wildman–Crippen MR) is 101 cm³/mol. The maximum atomic E-state index is 11.8. The molecule has 0 amide bonds. The Bertz CT molecular complexity index is 356. The van der Waals surface area contributed by atoms with Gasteiger partial charge in [-0.2, -0.15) is 12.6 Å². The molecule has 0 aromatic rings. The molecule has 0 aromatic heterocycles. The Kier molecular flexibility index (Phi) is 7.90. The molecule has 0 radical (unpaired) electrons. The van der Waals surface area contributed by atoms with Gasteiger partial charge in [-0.15, -0.1) is 0 Å². The van der Waals surface area contributed by atoms with Crippen LogP contribution < -0.4 is 0 Å². The lowest BCUT2D eigenvalue weighted by Gasteiger charge is -2.38. The highest BCUT2D eigenvalue weighted by atomic mass is 32.1. The summed E-state index contributed by atoms with van der Waals surface area (Å²) in [6.07, 6.45) is 7.14. The molecular weight excluding hydrogens is 304 g/mol. The standard InChI is InChI=1S/C19H36N2OS/c1-15(2)19(22)5-4-17-6-10-20(11-7-17)14-18-8-12-21(13-9-18)16(3)23/h15-18,23H,4-14H2,1-3H3. The van der Waals surface area contributed by atoms with Crippen molar-refractivity contribution in [3.05, 3.63) is 0 Å². The SMILES string of the molecule is CC(C)C(=O)CCC1CCN(CC2CCN(C(C)S)CC2)CC1. The summed E-state index contributed by atoms with van der Waals surface area (Å²) in [5, 5.41) is 0.403. The van der Waals surface area contributed by atoms with Crippen molar-refractivity contribution in [2.75, 3.05) is 32.7 Å². The van der Waals surface area contributed by atoms with Crippen LogP contribution in [0.25, 0.3) is 0 Å². The third-order valence-electron chi connectivity index (χ3n) is 5.84. The molecule has 0 aliphatic carbocycles. The topological polar surface area (TPSA) is 23.6 Å². The number of rotatable bonds is 7. The molecule has 0 bridgehead atoms. The Labute approximate surface area is 148 Å². The average molecular weight is 341 g/mol. The summed E-state index contributed by atoms with van der Waals surface area (Å²) in [5.74, 6) is 2.30. The van der Waals surface area contributed by atoms with Gasteiger partial charge < -0.3 is 4.90 Å². The first-order chi connectivity index (χ1) is 11.0. The highest BCUT2D eigenvalue weighted by Crippen LogP contribution is 2.26. The normalized spacial score (nSPS) is 24.2. The van der Waals surface area contributed by atoms with Crippen LogP contribution in [0.4, 0.5) is 0 Å². The molecule has 1 atom stereocenters. The Morgan fingerprint density at radius 2 is 1.57 bits per heavy atom. The zero-order valence-corrected chi connectivity index (χ0v) is 16.2. The van der Waals surface area contributed by atoms with Crippen LogP contribution in [0.3, 0.4) is 0 Å². The van der Waals surface area contributed by atoms with Crippen molar-refractivity contribution in [2.24, 2.45) is 17.8 Å². The molecule has 2 fully saturated rings. The van der Waals surface area contributed by atoms with E-state index in [-0.39, 0.29) is 5.92 Å². The highest BCUT2D eigenvalue weighted by Gasteiger charge is 2.25. The molecule has 0 spiro atoms. The van der Waals surface area contributed by atoms with Gasteiger partial charge in [-0.05, 0) is 77.0 Å². The van der Waals surface area contributed by atoms with E-state index in [0.717, 1.165) is 24.7 Å². The maximum absolute atomic E-state index is 11.8. The van der Waals surface area contributed by atoms with Crippen LogP contribution in [0.15, 0.2) is 0 Å². The fourth-order valence-electron chi connectivity index (χ4n) is 3.97. The van der Waals surface area contributed by atoms with Crippen molar-refractivity contribution in [1.29, 1.82) is 0 Å². The molecule has 0 aromatic carbocycles. The molecule has 1 unspecified atom stereocenters. The maximum Gasteiger partial charge on any atom is 0.135 e. The van der Waals surface area contributed by atoms with Crippen molar-refractivity contribution < 1.29 is 4.79 Å². The molecule has 0 N–H and O–H groups in total. The summed E-state index contributed by atoms with van der Waals surface area (Å²) in [5.41, 5.74) is 0. The van der Waals surface area contributed by atoms with E-state index in [1.165, 1.54) is 58.4 Å². The molecular formula is C19H36N2OS. The number of carbonyl (C=O) groups is 1. The molecule has 3 nitrogen and oxygen atoms in total. The van der Waals surface area contributed by atoms with E-state index in [1.807, 2.05) is 13.8 Å². The number of Topliss-reactive ketones (excluding diaryl/α,β-unsaturated/α-hetero) is 1. The number of hydrogen-bond donors (Lipinski definition) is 1. The first-order valence-electron chi connectivity index (χ1n) is 9.63. The molecule has 2 saturated heterocycles. The summed E-state index contributed by atoms with van der Waals surface area (Å²) < 4.78 is 0. The summed E-state index contributed by atoms with van der Waals surface area (Å²) in [6, 6.07) is 0. The molecule has 23 heavy (non-hydrogen) atoms. The third-order valence-corrected chi connectivity index (χ3v) is 6.17. The molecule has 0 saturated carbocycles. The van der Waals surface area contributed by atoms with E-state index in [1.54, 1.807) is 0 Å². The van der Waals surface area contributed by atoms with Crippen LogP contribution >= 0.6 is 12.6 Å². The van der Waals surface area contributed by atoms with E-state index in [2.05, 4.69) is 29.4 Å². The average Bonchev–Trinajstić information content (AvgIpc) is 2.54. The minimum absolute atomic E-state index is 0.209. The lowest BCUT2D eigenvalue weighted by atomic mass is 9.88. The molecule has 134 valence electrons. The van der Waals surface area contributed by atoms with Crippen molar-refractivity contribution in [1.82, 2.24) is 9.80 Å². The van der Waals surface area contributed by atoms with Gasteiger partial charge in [-0.1, -0.05) is 13.8 Å². The summed E-state index contributed by atoms with van der Waals surface area (Å²) >= 11 is 4.55. The zero-order chi connectivity index (χ0) is 16.8. The lowest BCUT2D eigenvalue weighted by Crippen LogP contribution is -2.43. The number of nitrogens with zero attached hydrogens (tertiary/aromatic N) is 2. The van der Waals surface area contributed by atoms with Crippen LogP contribution in [-0.2, 0) is 4.79 Å². The Hall–Kier alpha value is -0.0600. The lowest BCUT2D eigenvalue weighted by molar-refractivity contribution is -0.122. The van der Waals surface area contributed by atoms with Gasteiger partial charge in [0, 0.05) is 24.3 Å². The van der Waals surface area contributed by atoms with Gasteiger partial charge in [0.2, 0.25) is 0 Å². The summed E-state index contributed by atoms with van der Waals surface area (Å²) in [4.78, 5) is 16.9. The van der Waals surface area contributed by atoms with E-state index in [4.69, 9.17) is 0 Å². The third kappa shape index (κ3) is 6.39. The monoisotopic (exact) mass is 340 g/mol. The molecule has 2 aliphatic rings. The first-order valence-corrected chi connectivity index (χ1v) is 10.1. The molecule has 2 heterocycles. The van der Waals surface area contributed by atoms with Gasteiger partial charge >= 0.3 is 0 Å². The van der Waals surface area contributed by atoms with E-state index in [9.17, 15) is 4.79 Å². The smallest absolute Gasteiger partial charge is 0.135 e. The molecule has 2 aliphatic heterocycles. The van der Waals surface area contributed by atoms with Gasteiger partial charge in [0.15, 0.2) is 0 Å². The summed E-state index contributed by atoms with van der Waals surface area (Å²) in [6.45, 7) is 12.4. The van der Waals surface area contributed by atoms with E-state index in [0.29, 0.717) is 11.2 Å². The van der Waals surface area contributed by atoms with Crippen LogP contribution in [-0.4, -0.2) is 53.7 Å². The van der Waals surface area contributed by atoms with E-state index >= 15 is 0 Å². The second-order valence-electron chi connectivity index (χ2n) is 8.01. The van der Waals surface area contributed by atoms with Gasteiger partial charge in [0.25, 0.3) is 0 Å². The van der Waals surface area contributed by atoms with Crippen LogP contribution in [0, 0.1) is 17.8 Å². The minimum Gasteiger partial charge on any atom is -0.303 e. The number of thiol groups is 1. The number of carbonyl (C=O) groups excluding carboxylic acids is 1. The van der Waals surface area contributed by atoms with Crippen LogP contribution in [0.5, 0.6) is 0 Å². The van der Waals surface area contributed by atoms with Gasteiger partial charge in [-0.25, -0.2) is 0 Å². The van der Waals surface area contributed by atoms with Crippen molar-refractivity contribution in [2.45, 2.75) is 64.7 Å². The summed E-state index contributed by atoms with van der Waals surface area (Å²) in [7, 11) is 0. The quantitative estimate of drug-likeness (QED) is 0.715. The Morgan fingerprint density at radius 3 is 2.09 bits per heavy atom. The Balaban J connectivity index is 1.61. The molecule has 4 heteroatoms. The van der Waals surface area contributed by atoms with Crippen LogP contribution in [0.2, 0.25) is 0 Å². The van der Waals surface area contributed by atoms with Gasteiger partial charge in [-0.3, -0.25) is 9.69 Å². The van der Waals surface area contributed by atoms with Crippen molar-refractivity contribution >= 4 is 18.4 Å². The number of piperidine rings is 2.